The molecular weight excluding hydrogens is 518 g/mol. The average Bonchev–Trinajstić information content (AvgIpc) is 3.28. The minimum Gasteiger partial charge on any atom is -0.310 e. The van der Waals surface area contributed by atoms with Crippen LogP contribution in [-0.2, 0) is 5.41 Å². The maximum atomic E-state index is 2.49. The van der Waals surface area contributed by atoms with Gasteiger partial charge in [0.25, 0.3) is 0 Å². The van der Waals surface area contributed by atoms with Crippen LogP contribution in [0.3, 0.4) is 0 Å². The van der Waals surface area contributed by atoms with E-state index < -0.39 is 0 Å². The Morgan fingerprint density at radius 1 is 0.605 bits per heavy atom. The first-order chi connectivity index (χ1) is 20.9. The predicted octanol–water partition coefficient (Wildman–Crippen LogP) is 12.1. The van der Waals surface area contributed by atoms with E-state index in [1.807, 2.05) is 0 Å². The van der Waals surface area contributed by atoms with Crippen molar-refractivity contribution in [3.8, 4) is 22.3 Å². The van der Waals surface area contributed by atoms with Crippen molar-refractivity contribution in [3.63, 3.8) is 0 Å². The molecule has 43 heavy (non-hydrogen) atoms. The largest absolute Gasteiger partial charge is 0.310 e. The second-order valence-corrected chi connectivity index (χ2v) is 12.6. The molecule has 1 aliphatic rings. The molecule has 1 nitrogen and oxygen atoms in total. The minimum absolute atomic E-state index is 0.0980. The van der Waals surface area contributed by atoms with Crippen LogP contribution in [0.4, 0.5) is 17.1 Å². The highest BCUT2D eigenvalue weighted by atomic mass is 15.1. The van der Waals surface area contributed by atoms with Gasteiger partial charge in [-0.2, -0.15) is 0 Å². The standard InChI is InChI=1S/C42H39N/c1-6-28(2)31-19-10-11-20-33(31)32-24-16-26-39(29(32)3)43(30-17-8-7-9-18-30)40-27-38-41(35-22-13-12-21-34(35)40)36-23-14-15-25-37(36)42(38,4)5/h7-28H,6H2,1-5H3. The second kappa shape index (κ2) is 10.6. The molecule has 0 spiro atoms. The fourth-order valence-corrected chi connectivity index (χ4v) is 7.25. The Kier molecular flexibility index (Phi) is 6.70. The molecule has 0 fully saturated rings. The predicted molar refractivity (Wildman–Crippen MR) is 185 cm³/mol. The lowest BCUT2D eigenvalue weighted by atomic mass is 9.81. The van der Waals surface area contributed by atoms with E-state index in [2.05, 4.69) is 167 Å². The normalized spacial score (nSPS) is 13.9. The van der Waals surface area contributed by atoms with E-state index in [9.17, 15) is 0 Å². The highest BCUT2D eigenvalue weighted by molar-refractivity contribution is 6.10. The highest BCUT2D eigenvalue weighted by Crippen LogP contribution is 2.54. The number of hydrogen-bond donors (Lipinski definition) is 0. The lowest BCUT2D eigenvalue weighted by Gasteiger charge is -2.31. The molecule has 0 saturated heterocycles. The number of hydrogen-bond acceptors (Lipinski definition) is 1. The SMILES string of the molecule is CCC(C)c1ccccc1-c1cccc(N(c2ccccc2)c2cc3c(c4ccccc24)-c2ccccc2C3(C)C)c1C. The summed E-state index contributed by atoms with van der Waals surface area (Å²) in [4.78, 5) is 2.49. The molecule has 7 rings (SSSR count). The van der Waals surface area contributed by atoms with Crippen LogP contribution in [0.15, 0.2) is 127 Å². The highest BCUT2D eigenvalue weighted by Gasteiger charge is 2.37. The fraction of sp³-hybridized carbons (Fsp3) is 0.190. The molecule has 0 bridgehead atoms. The number of anilines is 3. The molecule has 1 unspecified atom stereocenters. The molecule has 0 heterocycles. The number of rotatable bonds is 6. The lowest BCUT2D eigenvalue weighted by molar-refractivity contribution is 0.661. The zero-order valence-corrected chi connectivity index (χ0v) is 25.9. The number of nitrogens with zero attached hydrogens (tertiary/aromatic N) is 1. The third kappa shape index (κ3) is 4.29. The molecule has 0 saturated carbocycles. The number of fused-ring (bicyclic) bond motifs is 5. The Morgan fingerprint density at radius 2 is 1.23 bits per heavy atom. The summed E-state index contributed by atoms with van der Waals surface area (Å²) < 4.78 is 0. The first-order valence-electron chi connectivity index (χ1n) is 15.6. The van der Waals surface area contributed by atoms with Crippen LogP contribution in [0.2, 0.25) is 0 Å². The van der Waals surface area contributed by atoms with Gasteiger partial charge in [0.2, 0.25) is 0 Å². The van der Waals surface area contributed by atoms with E-state index in [0.29, 0.717) is 5.92 Å². The fourth-order valence-electron chi connectivity index (χ4n) is 7.25. The van der Waals surface area contributed by atoms with Crippen molar-refractivity contribution in [1.82, 2.24) is 0 Å². The van der Waals surface area contributed by atoms with Gasteiger partial charge in [0.15, 0.2) is 0 Å². The quantitative estimate of drug-likeness (QED) is 0.197. The molecule has 1 aliphatic carbocycles. The van der Waals surface area contributed by atoms with Crippen LogP contribution in [-0.4, -0.2) is 0 Å². The lowest BCUT2D eigenvalue weighted by Crippen LogP contribution is -2.17. The van der Waals surface area contributed by atoms with Gasteiger partial charge in [-0.3, -0.25) is 0 Å². The Bertz CT molecular complexity index is 1960. The van der Waals surface area contributed by atoms with Crippen molar-refractivity contribution in [3.05, 3.63) is 150 Å². The summed E-state index contributed by atoms with van der Waals surface area (Å²) >= 11 is 0. The zero-order valence-electron chi connectivity index (χ0n) is 25.9. The van der Waals surface area contributed by atoms with Crippen LogP contribution in [0.1, 0.15) is 62.3 Å². The molecule has 212 valence electrons. The van der Waals surface area contributed by atoms with Gasteiger partial charge in [-0.1, -0.05) is 131 Å². The van der Waals surface area contributed by atoms with Crippen molar-refractivity contribution >= 4 is 27.8 Å². The third-order valence-electron chi connectivity index (χ3n) is 9.76. The topological polar surface area (TPSA) is 3.24 Å². The Morgan fingerprint density at radius 3 is 2.00 bits per heavy atom. The van der Waals surface area contributed by atoms with Gasteiger partial charge < -0.3 is 4.90 Å². The van der Waals surface area contributed by atoms with Gasteiger partial charge in [-0.05, 0) is 93.4 Å². The van der Waals surface area contributed by atoms with Gasteiger partial charge in [0.1, 0.15) is 0 Å². The molecule has 1 atom stereocenters. The number of benzene rings is 6. The minimum atomic E-state index is -0.0980. The number of para-hydroxylation sites is 1. The van der Waals surface area contributed by atoms with Crippen molar-refractivity contribution < 1.29 is 0 Å². The van der Waals surface area contributed by atoms with E-state index in [-0.39, 0.29) is 5.41 Å². The average molecular weight is 558 g/mol. The van der Waals surface area contributed by atoms with Crippen LogP contribution in [0, 0.1) is 6.92 Å². The second-order valence-electron chi connectivity index (χ2n) is 12.6. The molecule has 0 amide bonds. The first kappa shape index (κ1) is 27.2. The summed E-state index contributed by atoms with van der Waals surface area (Å²) in [5, 5.41) is 2.58. The van der Waals surface area contributed by atoms with Gasteiger partial charge in [0.05, 0.1) is 5.69 Å². The summed E-state index contributed by atoms with van der Waals surface area (Å²) in [7, 11) is 0. The smallest absolute Gasteiger partial charge is 0.0543 e. The van der Waals surface area contributed by atoms with Crippen LogP contribution < -0.4 is 4.90 Å². The third-order valence-corrected chi connectivity index (χ3v) is 9.76. The van der Waals surface area contributed by atoms with Crippen molar-refractivity contribution in [2.24, 2.45) is 0 Å². The molecule has 6 aromatic carbocycles. The van der Waals surface area contributed by atoms with Crippen LogP contribution >= 0.6 is 0 Å². The van der Waals surface area contributed by atoms with E-state index in [0.717, 1.165) is 12.1 Å². The van der Waals surface area contributed by atoms with E-state index in [1.165, 1.54) is 66.7 Å². The molecule has 1 heteroatoms. The van der Waals surface area contributed by atoms with Crippen molar-refractivity contribution in [2.45, 2.75) is 52.4 Å². The summed E-state index contributed by atoms with van der Waals surface area (Å²) in [5.41, 5.74) is 14.4. The maximum Gasteiger partial charge on any atom is 0.0543 e. The molecule has 0 aliphatic heterocycles. The van der Waals surface area contributed by atoms with Crippen LogP contribution in [0.25, 0.3) is 33.0 Å². The molecule has 0 radical (unpaired) electrons. The van der Waals surface area contributed by atoms with E-state index >= 15 is 0 Å². The van der Waals surface area contributed by atoms with Gasteiger partial charge in [-0.15, -0.1) is 0 Å². The summed E-state index contributed by atoms with van der Waals surface area (Å²) in [5.74, 6) is 0.494. The Balaban J connectivity index is 1.52. The Hall–Kier alpha value is -4.62. The molecular formula is C42H39N. The van der Waals surface area contributed by atoms with Gasteiger partial charge in [0, 0.05) is 22.2 Å². The molecule has 6 aromatic rings. The summed E-state index contributed by atoms with van der Waals surface area (Å²) in [6, 6.07) is 47.1. The van der Waals surface area contributed by atoms with E-state index in [1.54, 1.807) is 0 Å². The zero-order chi connectivity index (χ0) is 29.7. The summed E-state index contributed by atoms with van der Waals surface area (Å²) in [6.45, 7) is 11.7. The van der Waals surface area contributed by atoms with Crippen molar-refractivity contribution in [2.75, 3.05) is 4.90 Å². The first-order valence-corrected chi connectivity index (χ1v) is 15.6. The van der Waals surface area contributed by atoms with E-state index in [4.69, 9.17) is 0 Å². The summed E-state index contributed by atoms with van der Waals surface area (Å²) in [6.07, 6.45) is 1.12. The molecule has 0 aromatic heterocycles. The monoisotopic (exact) mass is 557 g/mol. The maximum absolute atomic E-state index is 2.49. The Labute approximate surface area is 256 Å². The van der Waals surface area contributed by atoms with Gasteiger partial charge >= 0.3 is 0 Å². The van der Waals surface area contributed by atoms with Crippen molar-refractivity contribution in [1.29, 1.82) is 0 Å². The molecule has 0 N–H and O–H groups in total. The van der Waals surface area contributed by atoms with Crippen LogP contribution in [0.5, 0.6) is 0 Å². The van der Waals surface area contributed by atoms with Gasteiger partial charge in [-0.25, -0.2) is 0 Å².